The van der Waals surface area contributed by atoms with E-state index in [1.165, 1.54) is 0 Å². The summed E-state index contributed by atoms with van der Waals surface area (Å²) in [6.45, 7) is 0. The molecule has 0 heterocycles. The van der Waals surface area contributed by atoms with Gasteiger partial charge in [-0.25, -0.2) is 0 Å². The predicted molar refractivity (Wildman–Crippen MR) is 84.5 cm³/mol. The van der Waals surface area contributed by atoms with Gasteiger partial charge in [0.05, 0.1) is 0 Å². The van der Waals surface area contributed by atoms with Crippen molar-refractivity contribution in [2.75, 3.05) is 0 Å². The average molecular weight is 277 g/mol. The maximum absolute atomic E-state index is 6.00. The molecule has 0 bridgehead atoms. The number of hydrogen-bond acceptors (Lipinski definition) is 2. The molecule has 20 heavy (non-hydrogen) atoms. The van der Waals surface area contributed by atoms with Gasteiger partial charge in [0, 0.05) is 10.5 Å². The number of rotatable bonds is 3. The van der Waals surface area contributed by atoms with Crippen molar-refractivity contribution in [1.82, 2.24) is 0 Å². The first kappa shape index (κ1) is 12.8. The fraction of sp³-hybridized carbons (Fsp3) is 0. The highest BCUT2D eigenvalue weighted by molar-refractivity contribution is 7.80. The summed E-state index contributed by atoms with van der Waals surface area (Å²) in [6.07, 6.45) is 0. The maximum Gasteiger partial charge on any atom is 0.148 e. The molecule has 1 nitrogen and oxygen atoms in total. The summed E-state index contributed by atoms with van der Waals surface area (Å²) in [5.41, 5.74) is 1.98. The first-order chi connectivity index (χ1) is 9.84. The lowest BCUT2D eigenvalue weighted by Gasteiger charge is -2.13. The molecule has 0 unspecified atom stereocenters. The molecule has 3 aromatic rings. The van der Waals surface area contributed by atoms with E-state index in [0.29, 0.717) is 0 Å². The third kappa shape index (κ3) is 2.70. The SMILES string of the molecule is Sc1cccc(-c2[c]cccc2)c1Oc1ccccc1. The molecule has 0 aliphatic heterocycles. The number of para-hydroxylation sites is 2. The molecule has 1 radical (unpaired) electrons. The summed E-state index contributed by atoms with van der Waals surface area (Å²) in [5, 5.41) is 0. The second-order valence-corrected chi connectivity index (χ2v) is 4.83. The Morgan fingerprint density at radius 3 is 2.35 bits per heavy atom. The van der Waals surface area contributed by atoms with E-state index in [-0.39, 0.29) is 0 Å². The molecule has 3 aromatic carbocycles. The molecule has 0 amide bonds. The molecule has 0 atom stereocenters. The van der Waals surface area contributed by atoms with Gasteiger partial charge in [0.25, 0.3) is 0 Å². The highest BCUT2D eigenvalue weighted by Gasteiger charge is 2.10. The van der Waals surface area contributed by atoms with Gasteiger partial charge in [-0.2, -0.15) is 0 Å². The lowest BCUT2D eigenvalue weighted by molar-refractivity contribution is 0.473. The van der Waals surface area contributed by atoms with E-state index in [4.69, 9.17) is 4.74 Å². The average Bonchev–Trinajstić information content (AvgIpc) is 2.51. The largest absolute Gasteiger partial charge is 0.456 e. The molecule has 0 saturated carbocycles. The van der Waals surface area contributed by atoms with Crippen molar-refractivity contribution >= 4 is 12.6 Å². The Morgan fingerprint density at radius 1 is 0.800 bits per heavy atom. The van der Waals surface area contributed by atoms with E-state index >= 15 is 0 Å². The van der Waals surface area contributed by atoms with Gasteiger partial charge < -0.3 is 4.74 Å². The number of hydrogen-bond donors (Lipinski definition) is 1. The molecule has 0 aliphatic rings. The van der Waals surface area contributed by atoms with E-state index in [1.54, 1.807) is 0 Å². The predicted octanol–water partition coefficient (Wildman–Crippen LogP) is 5.23. The van der Waals surface area contributed by atoms with Crippen molar-refractivity contribution in [3.63, 3.8) is 0 Å². The second-order valence-electron chi connectivity index (χ2n) is 4.35. The van der Waals surface area contributed by atoms with Crippen LogP contribution in [0.2, 0.25) is 0 Å². The Morgan fingerprint density at radius 2 is 1.60 bits per heavy atom. The Hall–Kier alpha value is -2.19. The molecular formula is C18H13OS. The molecule has 2 heteroatoms. The summed E-state index contributed by atoms with van der Waals surface area (Å²) < 4.78 is 6.00. The Kier molecular flexibility index (Phi) is 3.75. The molecule has 0 saturated heterocycles. The minimum absolute atomic E-state index is 0.754. The Bertz CT molecular complexity index is 693. The van der Waals surface area contributed by atoms with Gasteiger partial charge in [-0.15, -0.1) is 12.6 Å². The molecule has 97 valence electrons. The first-order valence-corrected chi connectivity index (χ1v) is 6.81. The molecule has 0 spiro atoms. The van der Waals surface area contributed by atoms with Crippen LogP contribution in [0.15, 0.2) is 77.7 Å². The van der Waals surface area contributed by atoms with E-state index in [0.717, 1.165) is 27.5 Å². The van der Waals surface area contributed by atoms with Gasteiger partial charge in [-0.05, 0) is 29.8 Å². The summed E-state index contributed by atoms with van der Waals surface area (Å²) in [6, 6.07) is 26.7. The van der Waals surface area contributed by atoms with Gasteiger partial charge >= 0.3 is 0 Å². The van der Waals surface area contributed by atoms with Crippen LogP contribution < -0.4 is 4.74 Å². The van der Waals surface area contributed by atoms with Crippen molar-refractivity contribution in [2.45, 2.75) is 4.90 Å². The van der Waals surface area contributed by atoms with Crippen LogP contribution in [0.3, 0.4) is 0 Å². The molecule has 0 aliphatic carbocycles. The standard InChI is InChI=1S/C18H13OS/c20-17-13-7-12-16(14-8-3-1-4-9-14)18(17)19-15-10-5-2-6-11-15/h1-8,10-13,20H. The molecule has 0 aromatic heterocycles. The molecule has 0 N–H and O–H groups in total. The Balaban J connectivity index is 2.06. The third-order valence-electron chi connectivity index (χ3n) is 2.96. The summed E-state index contributed by atoms with van der Waals surface area (Å²) in [7, 11) is 0. The van der Waals surface area contributed by atoms with Gasteiger partial charge in [-0.1, -0.05) is 54.6 Å². The van der Waals surface area contributed by atoms with Gasteiger partial charge in [0.1, 0.15) is 11.5 Å². The lowest BCUT2D eigenvalue weighted by Crippen LogP contribution is -1.90. The number of ether oxygens (including phenoxy) is 1. The normalized spacial score (nSPS) is 10.2. The minimum Gasteiger partial charge on any atom is -0.456 e. The van der Waals surface area contributed by atoms with Crippen molar-refractivity contribution in [1.29, 1.82) is 0 Å². The quantitative estimate of drug-likeness (QED) is 0.644. The Labute approximate surface area is 124 Å². The minimum atomic E-state index is 0.754. The van der Waals surface area contributed by atoms with Crippen LogP contribution in [0, 0.1) is 6.07 Å². The zero-order valence-electron chi connectivity index (χ0n) is 10.8. The van der Waals surface area contributed by atoms with Crippen LogP contribution in [0.4, 0.5) is 0 Å². The van der Waals surface area contributed by atoms with Crippen LogP contribution in [0.5, 0.6) is 11.5 Å². The molecule has 0 fully saturated rings. The summed E-state index contributed by atoms with van der Waals surface area (Å²) in [4.78, 5) is 0.809. The monoisotopic (exact) mass is 277 g/mol. The zero-order valence-corrected chi connectivity index (χ0v) is 11.7. The van der Waals surface area contributed by atoms with Crippen molar-refractivity contribution < 1.29 is 4.74 Å². The van der Waals surface area contributed by atoms with Gasteiger partial charge in [0.15, 0.2) is 0 Å². The molecule has 3 rings (SSSR count). The van der Waals surface area contributed by atoms with Crippen LogP contribution in [0.1, 0.15) is 0 Å². The van der Waals surface area contributed by atoms with Gasteiger partial charge in [0.2, 0.25) is 0 Å². The van der Waals surface area contributed by atoms with Crippen LogP contribution in [0.25, 0.3) is 11.1 Å². The summed E-state index contributed by atoms with van der Waals surface area (Å²) >= 11 is 4.51. The van der Waals surface area contributed by atoms with Crippen molar-refractivity contribution in [3.8, 4) is 22.6 Å². The number of thiol groups is 1. The van der Waals surface area contributed by atoms with Crippen molar-refractivity contribution in [3.05, 3.63) is 78.9 Å². The van der Waals surface area contributed by atoms with Crippen molar-refractivity contribution in [2.24, 2.45) is 0 Å². The van der Waals surface area contributed by atoms with Gasteiger partial charge in [-0.3, -0.25) is 0 Å². The summed E-state index contributed by atoms with van der Waals surface area (Å²) in [5.74, 6) is 1.55. The zero-order chi connectivity index (χ0) is 13.8. The third-order valence-corrected chi connectivity index (χ3v) is 3.31. The van der Waals surface area contributed by atoms with E-state index in [9.17, 15) is 0 Å². The first-order valence-electron chi connectivity index (χ1n) is 6.36. The van der Waals surface area contributed by atoms with Crippen LogP contribution >= 0.6 is 12.6 Å². The lowest BCUT2D eigenvalue weighted by atomic mass is 10.0. The van der Waals surface area contributed by atoms with Crippen LogP contribution in [-0.2, 0) is 0 Å². The smallest absolute Gasteiger partial charge is 0.148 e. The highest BCUT2D eigenvalue weighted by atomic mass is 32.1. The highest BCUT2D eigenvalue weighted by Crippen LogP contribution is 2.37. The number of benzene rings is 3. The van der Waals surface area contributed by atoms with E-state index in [1.807, 2.05) is 72.8 Å². The fourth-order valence-corrected chi connectivity index (χ4v) is 2.26. The topological polar surface area (TPSA) is 9.23 Å². The molecular weight excluding hydrogens is 264 g/mol. The maximum atomic E-state index is 6.00. The van der Waals surface area contributed by atoms with Crippen LogP contribution in [-0.4, -0.2) is 0 Å². The second kappa shape index (κ2) is 5.85. The van der Waals surface area contributed by atoms with E-state index < -0.39 is 0 Å². The fourth-order valence-electron chi connectivity index (χ4n) is 2.01. The van der Waals surface area contributed by atoms with E-state index in [2.05, 4.69) is 18.7 Å².